The van der Waals surface area contributed by atoms with E-state index in [-0.39, 0.29) is 0 Å². The molecule has 3 rings (SSSR count). The van der Waals surface area contributed by atoms with Crippen LogP contribution in [0.4, 0.5) is 0 Å². The van der Waals surface area contributed by atoms with Crippen molar-refractivity contribution in [2.45, 2.75) is 19.3 Å². The van der Waals surface area contributed by atoms with Crippen LogP contribution in [-0.2, 0) is 5.41 Å². The molecule has 0 radical (unpaired) electrons. The standard InChI is InChI=1S/C16H13BrN4/c1-16(2,9-18)11-5-10(6-12(17)7-11)13-3-4-19-15-14(13)8-20-21-15/h3-8H,1-2H3,(H,19,20,21). The maximum absolute atomic E-state index is 9.35. The summed E-state index contributed by atoms with van der Waals surface area (Å²) in [5, 5.41) is 17.2. The van der Waals surface area contributed by atoms with E-state index in [1.54, 1.807) is 12.4 Å². The van der Waals surface area contributed by atoms with Crippen molar-refractivity contribution in [3.63, 3.8) is 0 Å². The highest BCUT2D eigenvalue weighted by molar-refractivity contribution is 9.10. The first-order valence-electron chi connectivity index (χ1n) is 6.52. The van der Waals surface area contributed by atoms with Crippen molar-refractivity contribution in [2.24, 2.45) is 0 Å². The van der Waals surface area contributed by atoms with E-state index in [2.05, 4.69) is 43.2 Å². The molecule has 4 nitrogen and oxygen atoms in total. The highest BCUT2D eigenvalue weighted by Gasteiger charge is 2.21. The number of hydrogen-bond acceptors (Lipinski definition) is 3. The molecular weight excluding hydrogens is 328 g/mol. The van der Waals surface area contributed by atoms with Gasteiger partial charge in [0, 0.05) is 16.1 Å². The minimum Gasteiger partial charge on any atom is -0.261 e. The minimum absolute atomic E-state index is 0.541. The van der Waals surface area contributed by atoms with Gasteiger partial charge in [0.25, 0.3) is 0 Å². The molecule has 1 aromatic carbocycles. The molecule has 0 saturated carbocycles. The summed E-state index contributed by atoms with van der Waals surface area (Å²) in [5.74, 6) is 0. The van der Waals surface area contributed by atoms with Gasteiger partial charge in [-0.05, 0) is 54.8 Å². The third-order valence-corrected chi connectivity index (χ3v) is 4.02. The van der Waals surface area contributed by atoms with Crippen LogP contribution in [0.15, 0.2) is 41.1 Å². The average molecular weight is 341 g/mol. The molecule has 2 heterocycles. The zero-order valence-corrected chi connectivity index (χ0v) is 13.3. The van der Waals surface area contributed by atoms with Crippen LogP contribution < -0.4 is 0 Å². The number of fused-ring (bicyclic) bond motifs is 1. The van der Waals surface area contributed by atoms with E-state index >= 15 is 0 Å². The van der Waals surface area contributed by atoms with Gasteiger partial charge >= 0.3 is 0 Å². The van der Waals surface area contributed by atoms with Gasteiger partial charge in [0.05, 0.1) is 17.7 Å². The molecule has 0 atom stereocenters. The van der Waals surface area contributed by atoms with Crippen molar-refractivity contribution in [3.8, 4) is 17.2 Å². The second-order valence-electron chi connectivity index (χ2n) is 5.46. The first kappa shape index (κ1) is 13.8. The normalized spacial score (nSPS) is 11.5. The summed E-state index contributed by atoms with van der Waals surface area (Å²) in [5.41, 5.74) is 3.28. The Hall–Kier alpha value is -2.19. The van der Waals surface area contributed by atoms with E-state index in [0.29, 0.717) is 0 Å². The Morgan fingerprint density at radius 3 is 2.86 bits per heavy atom. The number of nitrogens with one attached hydrogen (secondary N) is 1. The van der Waals surface area contributed by atoms with E-state index in [1.807, 2.05) is 32.0 Å². The molecule has 0 unspecified atom stereocenters. The van der Waals surface area contributed by atoms with Crippen LogP contribution in [0, 0.1) is 11.3 Å². The Morgan fingerprint density at radius 2 is 2.10 bits per heavy atom. The topological polar surface area (TPSA) is 65.4 Å². The number of rotatable bonds is 2. The maximum Gasteiger partial charge on any atom is 0.155 e. The number of aromatic nitrogens is 3. The van der Waals surface area contributed by atoms with E-state index in [9.17, 15) is 5.26 Å². The monoisotopic (exact) mass is 340 g/mol. The molecule has 0 amide bonds. The van der Waals surface area contributed by atoms with Crippen LogP contribution >= 0.6 is 15.9 Å². The van der Waals surface area contributed by atoms with Gasteiger partial charge in [-0.1, -0.05) is 15.9 Å². The van der Waals surface area contributed by atoms with Gasteiger partial charge in [-0.2, -0.15) is 10.4 Å². The fraction of sp³-hybridized carbons (Fsp3) is 0.188. The lowest BCUT2D eigenvalue weighted by Gasteiger charge is -2.17. The number of hydrogen-bond donors (Lipinski definition) is 1. The summed E-state index contributed by atoms with van der Waals surface area (Å²) < 4.78 is 0.951. The number of H-pyrrole nitrogens is 1. The molecule has 3 aromatic rings. The lowest BCUT2D eigenvalue weighted by atomic mass is 9.85. The first-order chi connectivity index (χ1) is 10.0. The van der Waals surface area contributed by atoms with Crippen molar-refractivity contribution in [2.75, 3.05) is 0 Å². The van der Waals surface area contributed by atoms with Gasteiger partial charge in [-0.3, -0.25) is 5.10 Å². The predicted molar refractivity (Wildman–Crippen MR) is 85.7 cm³/mol. The number of benzene rings is 1. The zero-order valence-electron chi connectivity index (χ0n) is 11.7. The molecule has 0 fully saturated rings. The lowest BCUT2D eigenvalue weighted by Crippen LogP contribution is -2.13. The lowest BCUT2D eigenvalue weighted by molar-refractivity contribution is 0.687. The summed E-state index contributed by atoms with van der Waals surface area (Å²) in [7, 11) is 0. The number of nitrogens with zero attached hydrogens (tertiary/aromatic N) is 3. The van der Waals surface area contributed by atoms with Gasteiger partial charge < -0.3 is 0 Å². The average Bonchev–Trinajstić information content (AvgIpc) is 2.94. The molecule has 0 saturated heterocycles. The minimum atomic E-state index is -0.541. The Labute approximate surface area is 131 Å². The molecule has 5 heteroatoms. The zero-order chi connectivity index (χ0) is 15.0. The van der Waals surface area contributed by atoms with Gasteiger partial charge in [-0.25, -0.2) is 4.98 Å². The first-order valence-corrected chi connectivity index (χ1v) is 7.31. The van der Waals surface area contributed by atoms with Crippen molar-refractivity contribution in [3.05, 3.63) is 46.7 Å². The molecule has 21 heavy (non-hydrogen) atoms. The van der Waals surface area contributed by atoms with E-state index in [4.69, 9.17) is 0 Å². The van der Waals surface area contributed by atoms with Gasteiger partial charge in [0.2, 0.25) is 0 Å². The van der Waals surface area contributed by atoms with Gasteiger partial charge in [-0.15, -0.1) is 0 Å². The summed E-state index contributed by atoms with van der Waals surface area (Å²) >= 11 is 3.54. The maximum atomic E-state index is 9.35. The van der Waals surface area contributed by atoms with Crippen molar-refractivity contribution in [1.82, 2.24) is 15.2 Å². The van der Waals surface area contributed by atoms with E-state index in [1.165, 1.54) is 0 Å². The second-order valence-corrected chi connectivity index (χ2v) is 6.37. The molecule has 0 aliphatic carbocycles. The van der Waals surface area contributed by atoms with Crippen LogP contribution in [0.25, 0.3) is 22.2 Å². The van der Waals surface area contributed by atoms with Crippen LogP contribution in [0.3, 0.4) is 0 Å². The Morgan fingerprint density at radius 1 is 1.29 bits per heavy atom. The molecular formula is C16H13BrN4. The number of aromatic amines is 1. The van der Waals surface area contributed by atoms with Crippen LogP contribution in [0.1, 0.15) is 19.4 Å². The molecule has 0 aliphatic rings. The summed E-state index contributed by atoms with van der Waals surface area (Å²) in [4.78, 5) is 4.26. The largest absolute Gasteiger partial charge is 0.261 e. The smallest absolute Gasteiger partial charge is 0.155 e. The summed E-state index contributed by atoms with van der Waals surface area (Å²) in [6.07, 6.45) is 3.53. The van der Waals surface area contributed by atoms with Crippen LogP contribution in [0.2, 0.25) is 0 Å². The SMILES string of the molecule is CC(C)(C#N)c1cc(Br)cc(-c2ccnc3[nH]ncc23)c1. The van der Waals surface area contributed by atoms with Crippen LogP contribution in [-0.4, -0.2) is 15.2 Å². The molecule has 0 bridgehead atoms. The second kappa shape index (κ2) is 4.97. The van der Waals surface area contributed by atoms with Crippen molar-refractivity contribution in [1.29, 1.82) is 5.26 Å². The molecule has 0 aliphatic heterocycles. The quantitative estimate of drug-likeness (QED) is 0.760. The molecule has 104 valence electrons. The van der Waals surface area contributed by atoms with Gasteiger partial charge in [0.15, 0.2) is 5.65 Å². The van der Waals surface area contributed by atoms with Crippen LogP contribution in [0.5, 0.6) is 0 Å². The van der Waals surface area contributed by atoms with E-state index in [0.717, 1.165) is 32.2 Å². The van der Waals surface area contributed by atoms with E-state index < -0.39 is 5.41 Å². The Kier molecular flexibility index (Phi) is 3.26. The molecule has 2 aromatic heterocycles. The highest BCUT2D eigenvalue weighted by Crippen LogP contribution is 2.33. The van der Waals surface area contributed by atoms with Crippen molar-refractivity contribution >= 4 is 27.0 Å². The predicted octanol–water partition coefficient (Wildman–Crippen LogP) is 4.19. The Bertz CT molecular complexity index is 858. The molecule has 0 spiro atoms. The fourth-order valence-corrected chi connectivity index (χ4v) is 2.77. The summed E-state index contributed by atoms with van der Waals surface area (Å²) in [6, 6.07) is 10.4. The highest BCUT2D eigenvalue weighted by atomic mass is 79.9. The Balaban J connectivity index is 2.24. The summed E-state index contributed by atoms with van der Waals surface area (Å²) in [6.45, 7) is 3.83. The third kappa shape index (κ3) is 2.43. The fourth-order valence-electron chi connectivity index (χ4n) is 2.27. The number of nitriles is 1. The van der Waals surface area contributed by atoms with Gasteiger partial charge in [0.1, 0.15) is 0 Å². The number of halogens is 1. The molecule has 1 N–H and O–H groups in total. The van der Waals surface area contributed by atoms with Crippen molar-refractivity contribution < 1.29 is 0 Å². The number of pyridine rings is 1. The third-order valence-electron chi connectivity index (χ3n) is 3.56.